The molecule has 2 aliphatic rings. The Morgan fingerprint density at radius 1 is 1.10 bits per heavy atom. The topological polar surface area (TPSA) is 112 Å². The summed E-state index contributed by atoms with van der Waals surface area (Å²) in [5.41, 5.74) is 2.38. The molecular formula is C29H25ClF2N4O4. The summed E-state index contributed by atoms with van der Waals surface area (Å²) in [4.78, 5) is 43.7. The van der Waals surface area contributed by atoms with Crippen molar-refractivity contribution >= 4 is 40.8 Å². The number of nitrogens with zero attached hydrogens (tertiary/aromatic N) is 2. The van der Waals surface area contributed by atoms with Gasteiger partial charge in [0.2, 0.25) is 5.91 Å². The largest absolute Gasteiger partial charge is 0.465 e. The summed E-state index contributed by atoms with van der Waals surface area (Å²) in [5.74, 6) is -2.39. The average Bonchev–Trinajstić information content (AvgIpc) is 2.92. The fraction of sp³-hybridized carbons (Fsp3) is 0.241. The lowest BCUT2D eigenvalue weighted by Gasteiger charge is -2.34. The third-order valence-corrected chi connectivity index (χ3v) is 7.37. The minimum atomic E-state index is -1.24. The number of hydrogen-bond donors (Lipinski definition) is 3. The molecule has 0 aliphatic carbocycles. The van der Waals surface area contributed by atoms with Crippen LogP contribution in [0.3, 0.4) is 0 Å². The molecule has 0 spiro atoms. The molecule has 3 aromatic rings. The number of benzene rings is 2. The van der Waals surface area contributed by atoms with E-state index in [0.717, 1.165) is 12.1 Å². The zero-order valence-electron chi connectivity index (χ0n) is 21.2. The molecule has 11 heteroatoms. The van der Waals surface area contributed by atoms with Crippen molar-refractivity contribution in [2.75, 3.05) is 18.4 Å². The van der Waals surface area contributed by atoms with E-state index in [1.807, 2.05) is 6.07 Å². The van der Waals surface area contributed by atoms with Gasteiger partial charge in [0.15, 0.2) is 5.82 Å². The molecule has 0 fully saturated rings. The second-order valence-corrected chi connectivity index (χ2v) is 10.0. The Kier molecular flexibility index (Phi) is 7.79. The van der Waals surface area contributed by atoms with Crippen LogP contribution < -0.4 is 10.6 Å². The molecule has 3 N–H and O–H groups in total. The highest BCUT2D eigenvalue weighted by Gasteiger charge is 2.31. The number of carbonyl (C=O) groups excluding carboxylic acids is 2. The van der Waals surface area contributed by atoms with Crippen molar-refractivity contribution < 1.29 is 28.3 Å². The van der Waals surface area contributed by atoms with E-state index < -0.39 is 23.8 Å². The Morgan fingerprint density at radius 3 is 2.70 bits per heavy atom. The van der Waals surface area contributed by atoms with Gasteiger partial charge in [-0.25, -0.2) is 13.6 Å². The number of halogens is 3. The second kappa shape index (κ2) is 11.4. The van der Waals surface area contributed by atoms with E-state index in [0.29, 0.717) is 48.2 Å². The number of carboxylic acid groups (broad SMARTS) is 1. The average molecular weight is 567 g/mol. The third-order valence-electron chi connectivity index (χ3n) is 7.08. The molecule has 5 rings (SSSR count). The van der Waals surface area contributed by atoms with Gasteiger partial charge in [0.05, 0.1) is 22.3 Å². The maximum Gasteiger partial charge on any atom is 0.409 e. The minimum absolute atomic E-state index is 0.217. The lowest BCUT2D eigenvalue weighted by atomic mass is 9.93. The van der Waals surface area contributed by atoms with Crippen LogP contribution in [0, 0.1) is 11.6 Å². The van der Waals surface area contributed by atoms with Crippen LogP contribution in [0.5, 0.6) is 0 Å². The quantitative estimate of drug-likeness (QED) is 0.335. The van der Waals surface area contributed by atoms with Crippen molar-refractivity contribution in [3.63, 3.8) is 0 Å². The Balaban J connectivity index is 1.52. The number of hydrogen-bond acceptors (Lipinski definition) is 4. The Hall–Kier alpha value is -4.31. The third kappa shape index (κ3) is 5.53. The lowest BCUT2D eigenvalue weighted by Crippen LogP contribution is -2.38. The summed E-state index contributed by atoms with van der Waals surface area (Å²) in [5, 5.41) is 14.0. The highest BCUT2D eigenvalue weighted by atomic mass is 35.5. The lowest BCUT2D eigenvalue weighted by molar-refractivity contribution is -0.129. The van der Waals surface area contributed by atoms with Crippen molar-refractivity contribution in [3.8, 4) is 11.1 Å². The highest BCUT2D eigenvalue weighted by molar-refractivity contribution is 6.31. The molecule has 3 heterocycles. The van der Waals surface area contributed by atoms with Gasteiger partial charge < -0.3 is 15.3 Å². The molecule has 1 aromatic heterocycles. The summed E-state index contributed by atoms with van der Waals surface area (Å²) < 4.78 is 29.1. The van der Waals surface area contributed by atoms with Gasteiger partial charge in [0, 0.05) is 36.6 Å². The smallest absolute Gasteiger partial charge is 0.409 e. The fourth-order valence-electron chi connectivity index (χ4n) is 5.19. The number of nitrogens with one attached hydrogen (secondary N) is 2. The minimum Gasteiger partial charge on any atom is -0.465 e. The maximum atomic E-state index is 14.6. The summed E-state index contributed by atoms with van der Waals surface area (Å²) in [6, 6.07) is 10.1. The van der Waals surface area contributed by atoms with Crippen LogP contribution >= 0.6 is 11.6 Å². The van der Waals surface area contributed by atoms with E-state index in [1.54, 1.807) is 29.3 Å². The molecular weight excluding hydrogens is 542 g/mol. The maximum absolute atomic E-state index is 14.6. The Labute approximate surface area is 233 Å². The Bertz CT molecular complexity index is 1540. The van der Waals surface area contributed by atoms with E-state index in [9.17, 15) is 23.2 Å². The molecule has 1 atom stereocenters. The van der Waals surface area contributed by atoms with Crippen molar-refractivity contribution in [1.82, 2.24) is 15.2 Å². The van der Waals surface area contributed by atoms with Gasteiger partial charge in [0.25, 0.3) is 5.91 Å². The van der Waals surface area contributed by atoms with Gasteiger partial charge >= 0.3 is 6.09 Å². The van der Waals surface area contributed by atoms with Crippen molar-refractivity contribution in [1.29, 1.82) is 0 Å². The molecule has 2 aromatic carbocycles. The number of pyridine rings is 1. The van der Waals surface area contributed by atoms with Crippen LogP contribution in [-0.2, 0) is 4.79 Å². The summed E-state index contributed by atoms with van der Waals surface area (Å²) >= 11 is 5.86. The number of carbonyl (C=O) groups is 3. The zero-order chi connectivity index (χ0) is 28.4. The molecule has 0 radical (unpaired) electrons. The fourth-order valence-corrected chi connectivity index (χ4v) is 5.35. The van der Waals surface area contributed by atoms with E-state index >= 15 is 0 Å². The molecule has 2 aliphatic heterocycles. The molecule has 2 bridgehead atoms. The Morgan fingerprint density at radius 2 is 1.93 bits per heavy atom. The van der Waals surface area contributed by atoms with Crippen LogP contribution in [0.2, 0.25) is 5.02 Å². The van der Waals surface area contributed by atoms with Crippen LogP contribution in [0.15, 0.2) is 54.7 Å². The number of anilines is 1. The van der Waals surface area contributed by atoms with Gasteiger partial charge in [-0.15, -0.1) is 0 Å². The van der Waals surface area contributed by atoms with Gasteiger partial charge in [-0.05, 0) is 78.8 Å². The van der Waals surface area contributed by atoms with Crippen LogP contribution in [0.1, 0.15) is 53.3 Å². The monoisotopic (exact) mass is 566 g/mol. The van der Waals surface area contributed by atoms with Gasteiger partial charge in [-0.2, -0.15) is 0 Å². The SMILES string of the molecule is O=C(O)Nc1ccc2c(c1)C(=O)NCCCC[C@H](N1CCC(c3c(F)ccc(Cl)c3F)=CC1=O)c1cc-2ccn1. The molecule has 3 amide bonds. The molecule has 40 heavy (non-hydrogen) atoms. The van der Waals surface area contributed by atoms with Gasteiger partial charge in [-0.3, -0.25) is 19.9 Å². The summed E-state index contributed by atoms with van der Waals surface area (Å²) in [6.45, 7) is 0.610. The van der Waals surface area contributed by atoms with Crippen molar-refractivity contribution in [3.05, 3.63) is 88.2 Å². The van der Waals surface area contributed by atoms with E-state index in [2.05, 4.69) is 15.6 Å². The second-order valence-electron chi connectivity index (χ2n) is 9.60. The first-order chi connectivity index (χ1) is 19.2. The van der Waals surface area contributed by atoms with Gasteiger partial charge in [-0.1, -0.05) is 17.7 Å². The standard InChI is InChI=1S/C29H25ClF2N4O4/c30-21-6-7-22(31)26(27(21)32)17-9-12-36(25(37)14-17)24-3-1-2-10-34-28(38)20-15-18(35-29(39)40)4-5-19(20)16-8-11-33-23(24)13-16/h4-8,11,13-15,24,35H,1-3,9-10,12H2,(H,34,38)(H,39,40)/t24-/m0/s1. The van der Waals surface area contributed by atoms with Crippen LogP contribution in [0.4, 0.5) is 19.3 Å². The van der Waals surface area contributed by atoms with E-state index in [4.69, 9.17) is 16.7 Å². The number of rotatable bonds is 3. The van der Waals surface area contributed by atoms with Crippen LogP contribution in [-0.4, -0.2) is 46.0 Å². The normalized spacial score (nSPS) is 17.6. The first-order valence-electron chi connectivity index (χ1n) is 12.8. The number of amides is 3. The molecule has 0 unspecified atom stereocenters. The summed E-state index contributed by atoms with van der Waals surface area (Å²) in [6.07, 6.45) is 3.71. The molecule has 8 nitrogen and oxygen atoms in total. The van der Waals surface area contributed by atoms with Gasteiger partial charge in [0.1, 0.15) is 5.82 Å². The molecule has 0 saturated carbocycles. The summed E-state index contributed by atoms with van der Waals surface area (Å²) in [7, 11) is 0. The first-order valence-corrected chi connectivity index (χ1v) is 13.1. The predicted molar refractivity (Wildman–Crippen MR) is 146 cm³/mol. The van der Waals surface area contributed by atoms with Crippen molar-refractivity contribution in [2.24, 2.45) is 0 Å². The molecule has 206 valence electrons. The first kappa shape index (κ1) is 27.3. The molecule has 0 saturated heterocycles. The zero-order valence-corrected chi connectivity index (χ0v) is 22.0. The van der Waals surface area contributed by atoms with E-state index in [-0.39, 0.29) is 46.6 Å². The van der Waals surface area contributed by atoms with E-state index in [1.165, 1.54) is 12.1 Å². The highest BCUT2D eigenvalue weighted by Crippen LogP contribution is 2.36. The predicted octanol–water partition coefficient (Wildman–Crippen LogP) is 6.04. The number of fused-ring (bicyclic) bond motifs is 4. The van der Waals surface area contributed by atoms with Crippen molar-refractivity contribution in [2.45, 2.75) is 31.7 Å². The van der Waals surface area contributed by atoms with Crippen LogP contribution in [0.25, 0.3) is 16.7 Å². The number of aromatic nitrogens is 1.